The smallest absolute Gasteiger partial charge is 0.120 e. The van der Waals surface area contributed by atoms with Gasteiger partial charge in [0.05, 0.1) is 17.8 Å². The lowest BCUT2D eigenvalue weighted by molar-refractivity contribution is 0.242. The molecule has 3 N–H and O–H groups in total. The van der Waals surface area contributed by atoms with Gasteiger partial charge in [0.1, 0.15) is 5.75 Å². The topological polar surface area (TPSA) is 60.2 Å². The molecule has 1 aromatic carbocycles. The number of hydrazine groups is 1. The van der Waals surface area contributed by atoms with Crippen molar-refractivity contribution in [3.63, 3.8) is 0 Å². The number of pyridine rings is 1. The monoisotopic (exact) mass is 271 g/mol. The second kappa shape index (κ2) is 6.50. The van der Waals surface area contributed by atoms with Crippen LogP contribution in [0.1, 0.15) is 36.7 Å². The Morgan fingerprint density at radius 3 is 2.65 bits per heavy atom. The fourth-order valence-corrected chi connectivity index (χ4v) is 2.11. The van der Waals surface area contributed by atoms with Crippen molar-refractivity contribution in [2.75, 3.05) is 0 Å². The largest absolute Gasteiger partial charge is 0.491 e. The van der Waals surface area contributed by atoms with E-state index in [4.69, 9.17) is 10.6 Å². The Morgan fingerprint density at radius 1 is 1.20 bits per heavy atom. The summed E-state index contributed by atoms with van der Waals surface area (Å²) in [4.78, 5) is 4.39. The normalized spacial score (nSPS) is 12.4. The summed E-state index contributed by atoms with van der Waals surface area (Å²) < 4.78 is 5.72. The molecule has 1 aromatic heterocycles. The quantitative estimate of drug-likeness (QED) is 0.648. The van der Waals surface area contributed by atoms with Gasteiger partial charge in [0.2, 0.25) is 0 Å². The van der Waals surface area contributed by atoms with Gasteiger partial charge >= 0.3 is 0 Å². The first-order valence-corrected chi connectivity index (χ1v) is 6.75. The summed E-state index contributed by atoms with van der Waals surface area (Å²) in [6.07, 6.45) is 1.94. The molecule has 2 rings (SSSR count). The standard InChI is InChI=1S/C16H21N3O/c1-11(2)20-14-6-4-5-13(10-14)16(19-17)15-9-12(3)7-8-18-15/h4-11,16,19H,17H2,1-3H3. The van der Waals surface area contributed by atoms with Crippen molar-refractivity contribution in [3.05, 3.63) is 59.4 Å². The molecule has 0 amide bonds. The second-order valence-corrected chi connectivity index (χ2v) is 5.10. The number of nitrogens with two attached hydrogens (primary N) is 1. The van der Waals surface area contributed by atoms with E-state index in [1.807, 2.05) is 57.2 Å². The van der Waals surface area contributed by atoms with Crippen LogP contribution < -0.4 is 16.0 Å². The first-order valence-electron chi connectivity index (χ1n) is 6.75. The molecule has 1 heterocycles. The molecule has 20 heavy (non-hydrogen) atoms. The van der Waals surface area contributed by atoms with Gasteiger partial charge in [-0.05, 0) is 56.2 Å². The van der Waals surface area contributed by atoms with E-state index in [9.17, 15) is 0 Å². The van der Waals surface area contributed by atoms with Gasteiger partial charge < -0.3 is 4.74 Å². The van der Waals surface area contributed by atoms with E-state index in [-0.39, 0.29) is 12.1 Å². The van der Waals surface area contributed by atoms with Gasteiger partial charge in [0.15, 0.2) is 0 Å². The van der Waals surface area contributed by atoms with Gasteiger partial charge in [-0.15, -0.1) is 0 Å². The van der Waals surface area contributed by atoms with Crippen LogP contribution in [0.25, 0.3) is 0 Å². The molecule has 0 saturated carbocycles. The molecular weight excluding hydrogens is 250 g/mol. The van der Waals surface area contributed by atoms with Crippen molar-refractivity contribution in [2.45, 2.75) is 32.9 Å². The summed E-state index contributed by atoms with van der Waals surface area (Å²) in [6, 6.07) is 11.8. The van der Waals surface area contributed by atoms with Crippen LogP contribution in [-0.2, 0) is 0 Å². The molecule has 0 aliphatic carbocycles. The second-order valence-electron chi connectivity index (χ2n) is 5.10. The van der Waals surface area contributed by atoms with E-state index in [2.05, 4.69) is 10.4 Å². The zero-order chi connectivity index (χ0) is 14.5. The van der Waals surface area contributed by atoms with Crippen LogP contribution in [0, 0.1) is 6.92 Å². The van der Waals surface area contributed by atoms with Crippen LogP contribution in [0.15, 0.2) is 42.6 Å². The van der Waals surface area contributed by atoms with Gasteiger partial charge in [-0.3, -0.25) is 10.8 Å². The number of hydrogen-bond acceptors (Lipinski definition) is 4. The van der Waals surface area contributed by atoms with Crippen LogP contribution in [0.2, 0.25) is 0 Å². The number of aryl methyl sites for hydroxylation is 1. The fraction of sp³-hybridized carbons (Fsp3) is 0.312. The maximum Gasteiger partial charge on any atom is 0.120 e. The molecule has 1 unspecified atom stereocenters. The SMILES string of the molecule is Cc1ccnc(C(NN)c2cccc(OC(C)C)c2)c1. The molecule has 106 valence electrons. The summed E-state index contributed by atoms with van der Waals surface area (Å²) in [5, 5.41) is 0. The highest BCUT2D eigenvalue weighted by atomic mass is 16.5. The molecule has 0 spiro atoms. The van der Waals surface area contributed by atoms with Gasteiger partial charge in [0.25, 0.3) is 0 Å². The number of ether oxygens (including phenoxy) is 1. The Hall–Kier alpha value is -1.91. The van der Waals surface area contributed by atoms with Gasteiger partial charge in [-0.2, -0.15) is 0 Å². The lowest BCUT2D eigenvalue weighted by Gasteiger charge is -2.18. The minimum Gasteiger partial charge on any atom is -0.491 e. The number of hydrogen-bond donors (Lipinski definition) is 2. The Morgan fingerprint density at radius 2 is 2.00 bits per heavy atom. The van der Waals surface area contributed by atoms with Crippen molar-refractivity contribution in [1.29, 1.82) is 0 Å². The molecule has 0 bridgehead atoms. The first kappa shape index (κ1) is 14.5. The van der Waals surface area contributed by atoms with E-state index in [1.165, 1.54) is 0 Å². The lowest BCUT2D eigenvalue weighted by Crippen LogP contribution is -2.29. The van der Waals surface area contributed by atoms with E-state index in [1.54, 1.807) is 6.20 Å². The third-order valence-corrected chi connectivity index (χ3v) is 2.96. The van der Waals surface area contributed by atoms with Crippen LogP contribution in [0.5, 0.6) is 5.75 Å². The molecule has 0 aliphatic rings. The zero-order valence-electron chi connectivity index (χ0n) is 12.1. The van der Waals surface area contributed by atoms with E-state index in [0.717, 1.165) is 22.6 Å². The number of nitrogens with one attached hydrogen (secondary N) is 1. The molecule has 2 aromatic rings. The minimum absolute atomic E-state index is 0.145. The van der Waals surface area contributed by atoms with Gasteiger partial charge in [-0.1, -0.05) is 12.1 Å². The Balaban J connectivity index is 2.32. The zero-order valence-corrected chi connectivity index (χ0v) is 12.1. The number of benzene rings is 1. The Bertz CT molecular complexity index is 569. The average molecular weight is 271 g/mol. The third kappa shape index (κ3) is 3.56. The van der Waals surface area contributed by atoms with Crippen LogP contribution >= 0.6 is 0 Å². The predicted molar refractivity (Wildman–Crippen MR) is 80.3 cm³/mol. The molecule has 0 saturated heterocycles. The highest BCUT2D eigenvalue weighted by Gasteiger charge is 2.14. The van der Waals surface area contributed by atoms with Crippen LogP contribution in [-0.4, -0.2) is 11.1 Å². The van der Waals surface area contributed by atoms with E-state index in [0.29, 0.717) is 0 Å². The molecule has 0 aliphatic heterocycles. The molecule has 4 heteroatoms. The molecular formula is C16H21N3O. The number of rotatable bonds is 5. The molecule has 0 fully saturated rings. The van der Waals surface area contributed by atoms with Crippen molar-refractivity contribution in [2.24, 2.45) is 5.84 Å². The summed E-state index contributed by atoms with van der Waals surface area (Å²) >= 11 is 0. The highest BCUT2D eigenvalue weighted by molar-refractivity contribution is 5.35. The number of aromatic nitrogens is 1. The maximum atomic E-state index is 5.72. The predicted octanol–water partition coefficient (Wildman–Crippen LogP) is 2.73. The minimum atomic E-state index is -0.148. The summed E-state index contributed by atoms with van der Waals surface area (Å²) in [5.74, 6) is 6.55. The van der Waals surface area contributed by atoms with Crippen LogP contribution in [0.4, 0.5) is 0 Å². The summed E-state index contributed by atoms with van der Waals surface area (Å²) in [6.45, 7) is 6.05. The van der Waals surface area contributed by atoms with Gasteiger partial charge in [-0.25, -0.2) is 5.43 Å². The Labute approximate surface area is 120 Å². The Kier molecular flexibility index (Phi) is 4.71. The molecule has 1 atom stereocenters. The average Bonchev–Trinajstić information content (AvgIpc) is 2.39. The van der Waals surface area contributed by atoms with Crippen molar-refractivity contribution >= 4 is 0 Å². The van der Waals surface area contributed by atoms with E-state index >= 15 is 0 Å². The third-order valence-electron chi connectivity index (χ3n) is 2.96. The van der Waals surface area contributed by atoms with Crippen molar-refractivity contribution in [3.8, 4) is 5.75 Å². The maximum absolute atomic E-state index is 5.72. The lowest BCUT2D eigenvalue weighted by atomic mass is 10.0. The van der Waals surface area contributed by atoms with Crippen molar-refractivity contribution < 1.29 is 4.74 Å². The molecule has 0 radical (unpaired) electrons. The summed E-state index contributed by atoms with van der Waals surface area (Å²) in [7, 11) is 0. The molecule has 4 nitrogen and oxygen atoms in total. The highest BCUT2D eigenvalue weighted by Crippen LogP contribution is 2.24. The first-order chi connectivity index (χ1) is 9.60. The van der Waals surface area contributed by atoms with Crippen molar-refractivity contribution in [1.82, 2.24) is 10.4 Å². The fourth-order valence-electron chi connectivity index (χ4n) is 2.11. The van der Waals surface area contributed by atoms with Crippen LogP contribution in [0.3, 0.4) is 0 Å². The van der Waals surface area contributed by atoms with E-state index < -0.39 is 0 Å². The van der Waals surface area contributed by atoms with Gasteiger partial charge in [0, 0.05) is 6.20 Å². The summed E-state index contributed by atoms with van der Waals surface area (Å²) in [5.41, 5.74) is 5.91. The number of nitrogens with zero attached hydrogens (tertiary/aromatic N) is 1.